The Labute approximate surface area is 210 Å². The molecule has 7 heteroatoms. The fraction of sp³-hybridized carbons (Fsp3) is 0.179. The van der Waals surface area contributed by atoms with Gasteiger partial charge in [0.25, 0.3) is 0 Å². The zero-order chi connectivity index (χ0) is 24.3. The van der Waals surface area contributed by atoms with E-state index < -0.39 is 23.9 Å². The molecule has 0 spiro atoms. The van der Waals surface area contributed by atoms with Crippen molar-refractivity contribution in [3.8, 4) is 5.75 Å². The maximum atomic E-state index is 13.9. The quantitative estimate of drug-likeness (QED) is 0.357. The van der Waals surface area contributed by atoms with Gasteiger partial charge in [-0.15, -0.1) is 0 Å². The molecule has 3 aromatic rings. The van der Waals surface area contributed by atoms with Crippen molar-refractivity contribution in [2.24, 2.45) is 11.8 Å². The molecule has 6 nitrogen and oxygen atoms in total. The van der Waals surface area contributed by atoms with Crippen LogP contribution in [0.25, 0.3) is 6.08 Å². The van der Waals surface area contributed by atoms with Crippen molar-refractivity contribution in [1.29, 1.82) is 0 Å². The van der Waals surface area contributed by atoms with E-state index in [0.29, 0.717) is 17.0 Å². The fourth-order valence-corrected chi connectivity index (χ4v) is 5.89. The molecule has 6 rings (SSSR count). The van der Waals surface area contributed by atoms with Gasteiger partial charge in [0.15, 0.2) is 5.78 Å². The summed E-state index contributed by atoms with van der Waals surface area (Å²) in [5.41, 5.74) is 2.94. The minimum atomic E-state index is -0.790. The predicted molar refractivity (Wildman–Crippen MR) is 135 cm³/mol. The Hall–Kier alpha value is -3.71. The average molecular weight is 529 g/mol. The van der Waals surface area contributed by atoms with Crippen LogP contribution in [0.3, 0.4) is 0 Å². The first-order chi connectivity index (χ1) is 17.0. The van der Waals surface area contributed by atoms with Crippen molar-refractivity contribution in [3.63, 3.8) is 0 Å². The Balaban J connectivity index is 1.47. The summed E-state index contributed by atoms with van der Waals surface area (Å²) in [6.07, 6.45) is 3.82. The van der Waals surface area contributed by atoms with Crippen LogP contribution in [-0.2, 0) is 9.59 Å². The number of hydrogen-bond acceptors (Lipinski definition) is 5. The molecule has 2 saturated heterocycles. The highest BCUT2D eigenvalue weighted by atomic mass is 79.9. The molecule has 0 aromatic heterocycles. The van der Waals surface area contributed by atoms with Gasteiger partial charge in [-0.25, -0.2) is 4.90 Å². The van der Waals surface area contributed by atoms with Crippen molar-refractivity contribution in [2.45, 2.75) is 12.1 Å². The first-order valence-corrected chi connectivity index (χ1v) is 12.1. The van der Waals surface area contributed by atoms with Crippen LogP contribution in [0, 0.1) is 11.8 Å². The molecule has 35 heavy (non-hydrogen) atoms. The number of anilines is 1. The summed E-state index contributed by atoms with van der Waals surface area (Å²) >= 11 is 3.41. The number of amides is 2. The van der Waals surface area contributed by atoms with Gasteiger partial charge in [-0.2, -0.15) is 0 Å². The zero-order valence-electron chi connectivity index (χ0n) is 18.8. The van der Waals surface area contributed by atoms with Crippen molar-refractivity contribution < 1.29 is 19.1 Å². The van der Waals surface area contributed by atoms with Crippen LogP contribution in [0.5, 0.6) is 5.75 Å². The topological polar surface area (TPSA) is 66.9 Å². The number of methoxy groups -OCH3 is 1. The van der Waals surface area contributed by atoms with E-state index in [2.05, 4.69) is 15.9 Å². The maximum Gasteiger partial charge on any atom is 0.240 e. The minimum absolute atomic E-state index is 0.170. The summed E-state index contributed by atoms with van der Waals surface area (Å²) in [7, 11) is 1.56. The number of hydrogen-bond donors (Lipinski definition) is 0. The van der Waals surface area contributed by atoms with E-state index >= 15 is 0 Å². The summed E-state index contributed by atoms with van der Waals surface area (Å²) in [5.74, 6) is -1.62. The van der Waals surface area contributed by atoms with Gasteiger partial charge in [0, 0.05) is 16.2 Å². The highest BCUT2D eigenvalue weighted by Gasteiger charge is 2.64. The summed E-state index contributed by atoms with van der Waals surface area (Å²) in [6, 6.07) is 20.6. The van der Waals surface area contributed by atoms with Gasteiger partial charge in [-0.3, -0.25) is 14.4 Å². The second kappa shape index (κ2) is 8.20. The number of nitrogens with zero attached hydrogens (tertiary/aromatic N) is 2. The molecule has 3 aromatic carbocycles. The molecule has 3 aliphatic rings. The highest BCUT2D eigenvalue weighted by Crippen LogP contribution is 2.53. The molecule has 4 atom stereocenters. The average Bonchev–Trinajstić information content (AvgIpc) is 3.36. The summed E-state index contributed by atoms with van der Waals surface area (Å²) < 4.78 is 6.09. The maximum absolute atomic E-state index is 13.9. The van der Waals surface area contributed by atoms with Crippen LogP contribution < -0.4 is 9.64 Å². The third kappa shape index (κ3) is 3.26. The lowest BCUT2D eigenvalue weighted by molar-refractivity contribution is -0.123. The number of rotatable bonds is 4. The van der Waals surface area contributed by atoms with E-state index in [9.17, 15) is 14.4 Å². The molecule has 0 bridgehead atoms. The number of fused-ring (bicyclic) bond motifs is 5. The fourth-order valence-electron chi connectivity index (χ4n) is 5.63. The second-order valence-electron chi connectivity index (χ2n) is 8.91. The van der Waals surface area contributed by atoms with E-state index in [1.807, 2.05) is 53.6 Å². The van der Waals surface area contributed by atoms with Gasteiger partial charge in [0.1, 0.15) is 11.8 Å². The van der Waals surface area contributed by atoms with Crippen LogP contribution in [0.4, 0.5) is 5.69 Å². The normalized spacial score (nSPS) is 24.3. The molecule has 0 radical (unpaired) electrons. The van der Waals surface area contributed by atoms with Crippen LogP contribution >= 0.6 is 15.9 Å². The Bertz CT molecular complexity index is 1380. The first-order valence-electron chi connectivity index (χ1n) is 11.4. The number of Topliss-reactive ketones (excluding diaryl/α,β-unsaturated/α-hetero) is 1. The van der Waals surface area contributed by atoms with Gasteiger partial charge in [-0.05, 0) is 53.6 Å². The SMILES string of the molecule is COc1ccc(N2C(=O)[C@@H]3[C@H](C2=O)[C@@H]2c4ccccc4C=CN2[C@@H]3C(=O)c2ccc(Br)cc2)cc1. The van der Waals surface area contributed by atoms with Gasteiger partial charge in [0.05, 0.1) is 30.7 Å². The standard InChI is InChI=1S/C28H21BrN2O4/c1-35-20-12-10-19(11-13-20)31-27(33)22-23(28(31)34)25(26(32)17-6-8-18(29)9-7-17)30-15-14-16-4-2-3-5-21(16)24(22)30/h2-15,22-25H,1H3/t22-,23+,24-,25-/m0/s1. The lowest BCUT2D eigenvalue weighted by Crippen LogP contribution is -2.44. The third-order valence-corrected chi connectivity index (χ3v) is 7.72. The molecule has 0 aliphatic carbocycles. The van der Waals surface area contributed by atoms with E-state index in [1.165, 1.54) is 4.90 Å². The third-order valence-electron chi connectivity index (χ3n) is 7.19. The summed E-state index contributed by atoms with van der Waals surface area (Å²) in [5, 5.41) is 0. The molecule has 0 saturated carbocycles. The van der Waals surface area contributed by atoms with Gasteiger partial charge in [-0.1, -0.05) is 52.3 Å². The molecule has 2 fully saturated rings. The molecule has 3 heterocycles. The second-order valence-corrected chi connectivity index (χ2v) is 9.83. The Kier molecular flexibility index (Phi) is 5.11. The molecule has 0 unspecified atom stereocenters. The molecular formula is C28H21BrN2O4. The van der Waals surface area contributed by atoms with Gasteiger partial charge in [0.2, 0.25) is 11.8 Å². The Morgan fingerprint density at radius 2 is 1.57 bits per heavy atom. The summed E-state index contributed by atoms with van der Waals surface area (Å²) in [6.45, 7) is 0. The number of carbonyl (C=O) groups is 3. The minimum Gasteiger partial charge on any atom is -0.497 e. The number of ether oxygens (including phenoxy) is 1. The lowest BCUT2D eigenvalue weighted by atomic mass is 9.83. The number of benzene rings is 3. The first kappa shape index (κ1) is 21.8. The number of carbonyl (C=O) groups excluding carboxylic acids is 3. The smallest absolute Gasteiger partial charge is 0.240 e. The van der Waals surface area contributed by atoms with Gasteiger partial charge >= 0.3 is 0 Å². The molecule has 2 amide bonds. The van der Waals surface area contributed by atoms with E-state index in [-0.39, 0.29) is 17.6 Å². The largest absolute Gasteiger partial charge is 0.497 e. The highest BCUT2D eigenvalue weighted by molar-refractivity contribution is 9.10. The Morgan fingerprint density at radius 1 is 0.886 bits per heavy atom. The number of imide groups is 1. The van der Waals surface area contributed by atoms with Crippen molar-refractivity contribution >= 4 is 45.3 Å². The number of halogens is 1. The monoisotopic (exact) mass is 528 g/mol. The van der Waals surface area contributed by atoms with Crippen LogP contribution in [0.15, 0.2) is 83.5 Å². The van der Waals surface area contributed by atoms with Crippen molar-refractivity contribution in [1.82, 2.24) is 4.90 Å². The molecule has 174 valence electrons. The van der Waals surface area contributed by atoms with E-state index in [0.717, 1.165) is 15.6 Å². The van der Waals surface area contributed by atoms with Crippen LogP contribution in [0.1, 0.15) is 27.5 Å². The van der Waals surface area contributed by atoms with E-state index in [1.54, 1.807) is 43.5 Å². The van der Waals surface area contributed by atoms with E-state index in [4.69, 9.17) is 4.74 Å². The van der Waals surface area contributed by atoms with Crippen molar-refractivity contribution in [2.75, 3.05) is 12.0 Å². The lowest BCUT2D eigenvalue weighted by Gasteiger charge is -2.35. The summed E-state index contributed by atoms with van der Waals surface area (Å²) in [4.78, 5) is 44.8. The molecular weight excluding hydrogens is 508 g/mol. The molecule has 3 aliphatic heterocycles. The zero-order valence-corrected chi connectivity index (χ0v) is 20.4. The molecule has 0 N–H and O–H groups in total. The Morgan fingerprint density at radius 3 is 2.29 bits per heavy atom. The van der Waals surface area contributed by atoms with Gasteiger partial charge < -0.3 is 9.64 Å². The predicted octanol–water partition coefficient (Wildman–Crippen LogP) is 4.86. The number of ketones is 1. The van der Waals surface area contributed by atoms with Crippen LogP contribution in [-0.4, -0.2) is 35.6 Å². The van der Waals surface area contributed by atoms with Crippen LogP contribution in [0.2, 0.25) is 0 Å². The van der Waals surface area contributed by atoms with Crippen molar-refractivity contribution in [3.05, 3.63) is 100 Å².